The number of carbonyl (C=O) groups is 1. The molecule has 116 valence electrons. The average Bonchev–Trinajstić information content (AvgIpc) is 2.47. The number of anilines is 1. The van der Waals surface area contributed by atoms with E-state index in [0.717, 1.165) is 28.6 Å². The van der Waals surface area contributed by atoms with Gasteiger partial charge >= 0.3 is 0 Å². The Morgan fingerprint density at radius 1 is 1.18 bits per heavy atom. The van der Waals surface area contributed by atoms with Crippen LogP contribution in [-0.2, 0) is 10.0 Å². The van der Waals surface area contributed by atoms with Crippen molar-refractivity contribution in [1.82, 2.24) is 0 Å². The largest absolute Gasteiger partial charge is 0.545 e. The van der Waals surface area contributed by atoms with Crippen molar-refractivity contribution in [3.05, 3.63) is 58.9 Å². The van der Waals surface area contributed by atoms with Crippen LogP contribution >= 0.6 is 11.6 Å². The highest BCUT2D eigenvalue weighted by Gasteiger charge is 2.22. The first-order valence-corrected chi connectivity index (χ1v) is 7.80. The summed E-state index contributed by atoms with van der Waals surface area (Å²) < 4.78 is 38.8. The summed E-state index contributed by atoms with van der Waals surface area (Å²) in [5.74, 6) is -2.08. The lowest BCUT2D eigenvalue weighted by Crippen LogP contribution is -2.28. The number of carboxylic acids is 1. The van der Waals surface area contributed by atoms with Crippen molar-refractivity contribution in [3.63, 3.8) is 0 Å². The number of sulfonamides is 1. The number of aromatic carboxylic acids is 1. The van der Waals surface area contributed by atoms with E-state index >= 15 is 0 Å². The second kappa shape index (κ2) is 5.94. The van der Waals surface area contributed by atoms with Crippen LogP contribution in [0, 0.1) is 5.82 Å². The maximum Gasteiger partial charge on any atom is 0.264 e. The predicted molar refractivity (Wildman–Crippen MR) is 77.8 cm³/mol. The van der Waals surface area contributed by atoms with Crippen molar-refractivity contribution in [2.75, 3.05) is 11.4 Å². The third-order valence-corrected chi connectivity index (χ3v) is 5.12. The first-order chi connectivity index (χ1) is 10.2. The summed E-state index contributed by atoms with van der Waals surface area (Å²) >= 11 is 5.68. The molecule has 2 aromatic carbocycles. The zero-order valence-electron chi connectivity index (χ0n) is 11.3. The fourth-order valence-electron chi connectivity index (χ4n) is 1.77. The molecule has 0 saturated heterocycles. The summed E-state index contributed by atoms with van der Waals surface area (Å²) in [6.45, 7) is 0. The Morgan fingerprint density at radius 3 is 2.32 bits per heavy atom. The molecular weight excluding hydrogens is 333 g/mol. The smallest absolute Gasteiger partial charge is 0.264 e. The van der Waals surface area contributed by atoms with Gasteiger partial charge in [-0.15, -0.1) is 0 Å². The Hall–Kier alpha value is -2.12. The number of nitrogens with zero attached hydrogens (tertiary/aromatic N) is 1. The van der Waals surface area contributed by atoms with Gasteiger partial charge in [-0.3, -0.25) is 4.31 Å². The molecule has 8 heteroatoms. The summed E-state index contributed by atoms with van der Waals surface area (Å²) in [6, 6.07) is 8.10. The van der Waals surface area contributed by atoms with E-state index < -0.39 is 27.4 Å². The van der Waals surface area contributed by atoms with E-state index in [2.05, 4.69) is 0 Å². The average molecular weight is 343 g/mol. The Kier molecular flexibility index (Phi) is 4.39. The molecule has 0 atom stereocenters. The Morgan fingerprint density at radius 2 is 1.77 bits per heavy atom. The third-order valence-electron chi connectivity index (χ3n) is 3.01. The molecule has 0 saturated carbocycles. The number of rotatable bonds is 4. The third kappa shape index (κ3) is 3.05. The van der Waals surface area contributed by atoms with Crippen LogP contribution in [-0.4, -0.2) is 21.4 Å². The van der Waals surface area contributed by atoms with Crippen LogP contribution in [0.1, 0.15) is 10.4 Å². The molecule has 0 bridgehead atoms. The number of hydrogen-bond acceptors (Lipinski definition) is 4. The summed E-state index contributed by atoms with van der Waals surface area (Å²) in [7, 11) is -2.74. The molecule has 0 heterocycles. The highest BCUT2D eigenvalue weighted by molar-refractivity contribution is 7.92. The molecule has 0 aromatic heterocycles. The highest BCUT2D eigenvalue weighted by Crippen LogP contribution is 2.25. The monoisotopic (exact) mass is 342 g/mol. The van der Waals surface area contributed by atoms with E-state index in [1.54, 1.807) is 0 Å². The first kappa shape index (κ1) is 16.3. The second-order valence-corrected chi connectivity index (χ2v) is 6.75. The molecule has 0 amide bonds. The normalized spacial score (nSPS) is 11.2. The van der Waals surface area contributed by atoms with Gasteiger partial charge in [0, 0.05) is 17.6 Å². The Balaban J connectivity index is 2.48. The van der Waals surface area contributed by atoms with E-state index in [0.29, 0.717) is 0 Å². The zero-order valence-corrected chi connectivity index (χ0v) is 12.9. The molecule has 0 spiro atoms. The van der Waals surface area contributed by atoms with Gasteiger partial charge in [-0.2, -0.15) is 0 Å². The van der Waals surface area contributed by atoms with E-state index in [1.807, 2.05) is 0 Å². The summed E-state index contributed by atoms with van der Waals surface area (Å²) in [6.07, 6.45) is 0. The van der Waals surface area contributed by atoms with Crippen molar-refractivity contribution in [2.24, 2.45) is 0 Å². The van der Waals surface area contributed by atoms with E-state index in [4.69, 9.17) is 11.6 Å². The molecule has 0 aliphatic rings. The van der Waals surface area contributed by atoms with Gasteiger partial charge < -0.3 is 9.90 Å². The Bertz CT molecular complexity index is 821. The van der Waals surface area contributed by atoms with E-state index in [9.17, 15) is 22.7 Å². The van der Waals surface area contributed by atoms with Crippen LogP contribution in [0.5, 0.6) is 0 Å². The highest BCUT2D eigenvalue weighted by atomic mass is 35.5. The number of carboxylic acid groups (broad SMARTS) is 1. The summed E-state index contributed by atoms with van der Waals surface area (Å²) in [4.78, 5) is 10.7. The van der Waals surface area contributed by atoms with Crippen LogP contribution in [0.2, 0.25) is 5.02 Å². The fourth-order valence-corrected chi connectivity index (χ4v) is 3.19. The maximum absolute atomic E-state index is 12.9. The molecule has 5 nitrogen and oxygen atoms in total. The molecule has 0 aliphatic heterocycles. The second-order valence-electron chi connectivity index (χ2n) is 4.38. The minimum atomic E-state index is -4.02. The molecule has 0 unspecified atom stereocenters. The van der Waals surface area contributed by atoms with Gasteiger partial charge in [0.15, 0.2) is 0 Å². The lowest BCUT2D eigenvalue weighted by atomic mass is 10.2. The summed E-state index contributed by atoms with van der Waals surface area (Å²) in [5, 5.41) is 10.8. The first-order valence-electron chi connectivity index (χ1n) is 5.99. The van der Waals surface area contributed by atoms with Crippen molar-refractivity contribution in [2.45, 2.75) is 4.90 Å². The van der Waals surface area contributed by atoms with Gasteiger partial charge in [0.25, 0.3) is 10.0 Å². The standard InChI is InChI=1S/C14H11ClFNO4S/c1-17(10-4-2-9(16)3-5-10)22(20,21)11-6-7-13(15)12(8-11)14(18)19/h2-8H,1H3,(H,18,19)/p-1. The summed E-state index contributed by atoms with van der Waals surface area (Å²) in [5.41, 5.74) is -0.193. The molecule has 0 fully saturated rings. The van der Waals surface area contributed by atoms with Crippen molar-refractivity contribution >= 4 is 33.3 Å². The van der Waals surface area contributed by atoms with Gasteiger partial charge in [0.2, 0.25) is 0 Å². The fraction of sp³-hybridized carbons (Fsp3) is 0.0714. The lowest BCUT2D eigenvalue weighted by Gasteiger charge is -2.20. The van der Waals surface area contributed by atoms with Crippen LogP contribution < -0.4 is 9.41 Å². The quantitative estimate of drug-likeness (QED) is 0.846. The van der Waals surface area contributed by atoms with Crippen LogP contribution in [0.15, 0.2) is 47.4 Å². The molecule has 2 rings (SSSR count). The van der Waals surface area contributed by atoms with Crippen LogP contribution in [0.4, 0.5) is 10.1 Å². The molecule has 0 aliphatic carbocycles. The van der Waals surface area contributed by atoms with Gasteiger partial charge in [-0.1, -0.05) is 11.6 Å². The lowest BCUT2D eigenvalue weighted by molar-refractivity contribution is -0.255. The van der Waals surface area contributed by atoms with E-state index in [1.165, 1.54) is 25.2 Å². The Labute approximate surface area is 131 Å². The van der Waals surface area contributed by atoms with Crippen molar-refractivity contribution in [3.8, 4) is 0 Å². The molecule has 0 radical (unpaired) electrons. The van der Waals surface area contributed by atoms with Crippen LogP contribution in [0.3, 0.4) is 0 Å². The number of benzene rings is 2. The predicted octanol–water partition coefficient (Wildman–Crippen LogP) is 1.67. The molecule has 0 N–H and O–H groups in total. The SMILES string of the molecule is CN(c1ccc(F)cc1)S(=O)(=O)c1ccc(Cl)c(C(=O)[O-])c1. The minimum absolute atomic E-state index is 0.122. The molecule has 2 aromatic rings. The minimum Gasteiger partial charge on any atom is -0.545 e. The molecule has 22 heavy (non-hydrogen) atoms. The molecular formula is C14H10ClFNO4S-. The van der Waals surface area contributed by atoms with E-state index in [-0.39, 0.29) is 15.6 Å². The topological polar surface area (TPSA) is 77.5 Å². The maximum atomic E-state index is 12.9. The van der Waals surface area contributed by atoms with Gasteiger partial charge in [0.05, 0.1) is 16.6 Å². The van der Waals surface area contributed by atoms with Crippen LogP contribution in [0.25, 0.3) is 0 Å². The van der Waals surface area contributed by atoms with Crippen molar-refractivity contribution < 1.29 is 22.7 Å². The van der Waals surface area contributed by atoms with Gasteiger partial charge in [-0.05, 0) is 42.5 Å². The number of hydrogen-bond donors (Lipinski definition) is 0. The zero-order chi connectivity index (χ0) is 16.5. The number of carbonyl (C=O) groups excluding carboxylic acids is 1. The van der Waals surface area contributed by atoms with Gasteiger partial charge in [-0.25, -0.2) is 12.8 Å². The van der Waals surface area contributed by atoms with Gasteiger partial charge in [0.1, 0.15) is 5.82 Å². The van der Waals surface area contributed by atoms with Crippen molar-refractivity contribution in [1.29, 1.82) is 0 Å². The number of halogens is 2.